The van der Waals surface area contributed by atoms with Gasteiger partial charge in [0.15, 0.2) is 5.75 Å². The van der Waals surface area contributed by atoms with Gasteiger partial charge in [0.05, 0.1) is 11.4 Å². The normalized spacial score (nSPS) is 18.8. The van der Waals surface area contributed by atoms with Crippen molar-refractivity contribution in [1.29, 1.82) is 0 Å². The van der Waals surface area contributed by atoms with Crippen LogP contribution in [0.1, 0.15) is 109 Å². The zero-order chi connectivity index (χ0) is 27.1. The highest BCUT2D eigenvalue weighted by atomic mass is 16.5. The maximum atomic E-state index is 13.2. The Bertz CT molecular complexity index is 1140. The van der Waals surface area contributed by atoms with Gasteiger partial charge in [0.1, 0.15) is 6.10 Å². The zero-order valence-electron chi connectivity index (χ0n) is 23.2. The predicted octanol–water partition coefficient (Wildman–Crippen LogP) is 6.35. The lowest BCUT2D eigenvalue weighted by atomic mass is 9.87. The second-order valence-electron chi connectivity index (χ2n) is 11.5. The topological polar surface area (TPSA) is 97.5 Å². The van der Waals surface area contributed by atoms with E-state index in [1.54, 1.807) is 12.1 Å². The van der Waals surface area contributed by atoms with Crippen molar-refractivity contribution in [2.75, 3.05) is 0 Å². The molecule has 2 aliphatic rings. The summed E-state index contributed by atoms with van der Waals surface area (Å²) in [5.74, 6) is 0.184. The number of carbonyl (C=O) groups is 2. The number of carbonyl (C=O) groups excluding carboxylic acids is 2. The second kappa shape index (κ2) is 13.4. The molecule has 2 fully saturated rings. The molecule has 4 rings (SSSR count). The number of esters is 2. The van der Waals surface area contributed by atoms with Crippen LogP contribution in [-0.4, -0.2) is 29.0 Å². The molecule has 2 aromatic rings. The van der Waals surface area contributed by atoms with Crippen molar-refractivity contribution in [3.05, 3.63) is 40.2 Å². The number of pyridine rings is 1. The van der Waals surface area contributed by atoms with Crippen LogP contribution in [0.5, 0.6) is 5.75 Å². The minimum absolute atomic E-state index is 0.109. The first-order valence-electron chi connectivity index (χ1n) is 14.7. The van der Waals surface area contributed by atoms with E-state index in [1.807, 2.05) is 6.07 Å². The third-order valence-corrected chi connectivity index (χ3v) is 8.14. The molecule has 0 amide bonds. The number of hydrogen-bond acceptors (Lipinski definition) is 6. The van der Waals surface area contributed by atoms with E-state index in [9.17, 15) is 14.4 Å². The molecule has 208 valence electrons. The lowest BCUT2D eigenvalue weighted by Gasteiger charge is -2.31. The lowest BCUT2D eigenvalue weighted by Crippen LogP contribution is -2.40. The number of benzene rings is 1. The molecule has 2 aliphatic carbocycles. The molecule has 2 saturated carbocycles. The molecule has 7 nitrogen and oxygen atoms in total. The van der Waals surface area contributed by atoms with E-state index in [0.29, 0.717) is 23.6 Å². The summed E-state index contributed by atoms with van der Waals surface area (Å²) >= 11 is 0. The molecule has 1 aromatic carbocycles. The Morgan fingerprint density at radius 2 is 1.66 bits per heavy atom. The summed E-state index contributed by atoms with van der Waals surface area (Å²) in [4.78, 5) is 41.4. The van der Waals surface area contributed by atoms with Crippen LogP contribution in [-0.2, 0) is 14.3 Å². The van der Waals surface area contributed by atoms with Gasteiger partial charge in [-0.2, -0.15) is 0 Å². The molecule has 0 spiro atoms. The van der Waals surface area contributed by atoms with Crippen molar-refractivity contribution >= 4 is 22.8 Å². The maximum Gasteiger partial charge on any atom is 0.314 e. The number of aromatic nitrogens is 1. The summed E-state index contributed by atoms with van der Waals surface area (Å²) in [6, 6.07) is 6.91. The minimum Gasteiger partial charge on any atom is -0.456 e. The van der Waals surface area contributed by atoms with Crippen LogP contribution < -0.4 is 15.6 Å². The summed E-state index contributed by atoms with van der Waals surface area (Å²) in [7, 11) is 0. The van der Waals surface area contributed by atoms with Gasteiger partial charge in [-0.3, -0.25) is 14.4 Å². The Morgan fingerprint density at radius 1 is 0.974 bits per heavy atom. The monoisotopic (exact) mass is 524 g/mol. The largest absolute Gasteiger partial charge is 0.456 e. The molecule has 0 aliphatic heterocycles. The number of H-pyrrole nitrogens is 1. The van der Waals surface area contributed by atoms with Crippen LogP contribution in [0.25, 0.3) is 10.9 Å². The lowest BCUT2D eigenvalue weighted by molar-refractivity contribution is -0.152. The molecule has 0 saturated heterocycles. The molecule has 0 bridgehead atoms. The van der Waals surface area contributed by atoms with E-state index in [0.717, 1.165) is 62.3 Å². The van der Waals surface area contributed by atoms with Crippen LogP contribution in [0, 0.1) is 11.8 Å². The number of hydrogen-bond donors (Lipinski definition) is 2. The third-order valence-electron chi connectivity index (χ3n) is 8.14. The molecular formula is C31H44N2O5. The van der Waals surface area contributed by atoms with Gasteiger partial charge < -0.3 is 19.8 Å². The quantitative estimate of drug-likeness (QED) is 0.278. The van der Waals surface area contributed by atoms with E-state index >= 15 is 0 Å². The number of ether oxygens (including phenoxy) is 2. The minimum atomic E-state index is -0.546. The van der Waals surface area contributed by atoms with Crippen LogP contribution in [0.15, 0.2) is 29.1 Å². The predicted molar refractivity (Wildman–Crippen MR) is 149 cm³/mol. The summed E-state index contributed by atoms with van der Waals surface area (Å²) < 4.78 is 12.1. The van der Waals surface area contributed by atoms with Crippen molar-refractivity contribution in [2.24, 2.45) is 11.8 Å². The number of rotatable bonds is 10. The average Bonchev–Trinajstić information content (AvgIpc) is 2.92. The highest BCUT2D eigenvalue weighted by molar-refractivity contribution is 5.90. The fraction of sp³-hybridized carbons (Fsp3) is 0.645. The Morgan fingerprint density at radius 3 is 2.32 bits per heavy atom. The maximum absolute atomic E-state index is 13.2. The van der Waals surface area contributed by atoms with Gasteiger partial charge >= 0.3 is 11.9 Å². The molecule has 1 aromatic heterocycles. The Kier molecular flexibility index (Phi) is 10.0. The van der Waals surface area contributed by atoms with E-state index < -0.39 is 6.10 Å². The van der Waals surface area contributed by atoms with Gasteiger partial charge in [0, 0.05) is 35.5 Å². The van der Waals surface area contributed by atoms with Crippen molar-refractivity contribution in [3.8, 4) is 5.75 Å². The number of fused-ring (bicyclic) bond motifs is 1. The van der Waals surface area contributed by atoms with Crippen LogP contribution in [0.3, 0.4) is 0 Å². The van der Waals surface area contributed by atoms with Crippen LogP contribution in [0.2, 0.25) is 0 Å². The van der Waals surface area contributed by atoms with Gasteiger partial charge in [-0.15, -0.1) is 0 Å². The van der Waals surface area contributed by atoms with Gasteiger partial charge in [-0.1, -0.05) is 65.4 Å². The van der Waals surface area contributed by atoms with Crippen molar-refractivity contribution < 1.29 is 19.1 Å². The Balaban J connectivity index is 1.67. The smallest absolute Gasteiger partial charge is 0.314 e. The fourth-order valence-corrected chi connectivity index (χ4v) is 6.14. The van der Waals surface area contributed by atoms with Gasteiger partial charge in [0.25, 0.3) is 0 Å². The molecular weight excluding hydrogens is 480 g/mol. The number of nitrogens with one attached hydrogen (secondary N) is 2. The van der Waals surface area contributed by atoms with E-state index in [4.69, 9.17) is 9.47 Å². The van der Waals surface area contributed by atoms with E-state index in [-0.39, 0.29) is 35.5 Å². The zero-order valence-corrected chi connectivity index (χ0v) is 23.2. The van der Waals surface area contributed by atoms with Gasteiger partial charge in [0.2, 0.25) is 5.56 Å². The third kappa shape index (κ3) is 7.25. The SMILES string of the molecule is CCC(NC(C)C)C(OC(=O)CC1CCCCC1)c1ccc(OC(=O)C2CCCCC2)c2[nH]c(=O)ccc12. The first kappa shape index (κ1) is 28.3. The van der Waals surface area contributed by atoms with E-state index in [2.05, 4.69) is 31.1 Å². The molecule has 38 heavy (non-hydrogen) atoms. The first-order valence-corrected chi connectivity index (χ1v) is 14.7. The van der Waals surface area contributed by atoms with Gasteiger partial charge in [-0.05, 0) is 50.2 Å². The highest BCUT2D eigenvalue weighted by Gasteiger charge is 2.31. The average molecular weight is 525 g/mol. The molecule has 2 unspecified atom stereocenters. The Labute approximate surface area is 226 Å². The number of aromatic amines is 1. The van der Waals surface area contributed by atoms with Crippen molar-refractivity contribution in [3.63, 3.8) is 0 Å². The van der Waals surface area contributed by atoms with Crippen LogP contribution in [0.4, 0.5) is 0 Å². The summed E-state index contributed by atoms with van der Waals surface area (Å²) in [5.41, 5.74) is 0.986. The van der Waals surface area contributed by atoms with Gasteiger partial charge in [-0.25, -0.2) is 0 Å². The molecule has 7 heteroatoms. The van der Waals surface area contributed by atoms with Crippen molar-refractivity contribution in [2.45, 2.75) is 116 Å². The first-order chi connectivity index (χ1) is 18.4. The molecule has 1 heterocycles. The fourth-order valence-electron chi connectivity index (χ4n) is 6.14. The van der Waals surface area contributed by atoms with E-state index in [1.165, 1.54) is 25.3 Å². The van der Waals surface area contributed by atoms with Crippen LogP contribution >= 0.6 is 0 Å². The highest BCUT2D eigenvalue weighted by Crippen LogP contribution is 2.36. The standard InChI is InChI=1S/C31H44N2O5/c1-4-25(32-20(2)3)30(38-28(35)19-21-11-7-5-8-12-21)24-15-17-26(29-23(24)16-18-27(34)33-29)37-31(36)22-13-9-6-10-14-22/h15-18,20-22,25,30,32H,4-14,19H2,1-3H3,(H,33,34). The summed E-state index contributed by atoms with van der Waals surface area (Å²) in [5, 5.41) is 4.29. The molecule has 2 atom stereocenters. The van der Waals surface area contributed by atoms with Crippen molar-refractivity contribution in [1.82, 2.24) is 10.3 Å². The summed E-state index contributed by atoms with van der Waals surface area (Å²) in [6.07, 6.45) is 11.3. The second-order valence-corrected chi connectivity index (χ2v) is 11.5. The Hall–Kier alpha value is -2.67. The molecule has 2 N–H and O–H groups in total. The summed E-state index contributed by atoms with van der Waals surface area (Å²) in [6.45, 7) is 6.23. The molecule has 0 radical (unpaired) electrons.